The van der Waals surface area contributed by atoms with Gasteiger partial charge in [-0.1, -0.05) is 55.1 Å². The fourth-order valence-electron chi connectivity index (χ4n) is 4.46. The van der Waals surface area contributed by atoms with Crippen LogP contribution in [0.2, 0.25) is 0 Å². The van der Waals surface area contributed by atoms with Crippen molar-refractivity contribution in [1.29, 1.82) is 0 Å². The number of benzene rings is 3. The topological polar surface area (TPSA) is 118 Å². The summed E-state index contributed by atoms with van der Waals surface area (Å²) in [5, 5.41) is 8.40. The van der Waals surface area contributed by atoms with E-state index in [0.717, 1.165) is 18.4 Å². The number of nitrogens with zero attached hydrogens (tertiary/aromatic N) is 1. The molecule has 0 spiro atoms. The molecule has 11 heteroatoms. The normalized spacial score (nSPS) is 13.2. The first-order chi connectivity index (χ1) is 21.7. The summed E-state index contributed by atoms with van der Waals surface area (Å²) in [6, 6.07) is 18.0. The number of amidine groups is 1. The Bertz CT molecular complexity index is 1650. The van der Waals surface area contributed by atoms with E-state index in [1.807, 2.05) is 6.07 Å². The zero-order chi connectivity index (χ0) is 32.5. The number of carbonyl (C=O) groups excluding carboxylic acids is 3. The number of hydrogen-bond donors (Lipinski definition) is 3. The highest BCUT2D eigenvalue weighted by molar-refractivity contribution is 6.08. The second-order valence-corrected chi connectivity index (χ2v) is 10.2. The third-order valence-corrected chi connectivity index (χ3v) is 7.07. The van der Waals surface area contributed by atoms with Gasteiger partial charge in [0.05, 0.1) is 29.6 Å². The van der Waals surface area contributed by atoms with Gasteiger partial charge < -0.3 is 25.4 Å². The molecule has 45 heavy (non-hydrogen) atoms. The minimum absolute atomic E-state index is 0.0464. The number of alkyl halides is 2. The predicted molar refractivity (Wildman–Crippen MR) is 168 cm³/mol. The van der Waals surface area contributed by atoms with Crippen LogP contribution in [0.5, 0.6) is 5.75 Å². The highest BCUT2D eigenvalue weighted by Gasteiger charge is 2.30. The third-order valence-electron chi connectivity index (χ3n) is 7.07. The van der Waals surface area contributed by atoms with Crippen molar-refractivity contribution in [2.75, 3.05) is 26.5 Å². The Morgan fingerprint density at radius 3 is 2.42 bits per heavy atom. The summed E-state index contributed by atoms with van der Waals surface area (Å²) in [5.41, 5.74) is 1.42. The van der Waals surface area contributed by atoms with Crippen LogP contribution in [0, 0.1) is 5.92 Å². The largest absolute Gasteiger partial charge is 0.494 e. The van der Waals surface area contributed by atoms with Crippen molar-refractivity contribution in [3.8, 4) is 16.9 Å². The number of nitrogens with one attached hydrogen (secondary N) is 3. The number of likely N-dealkylation sites (N-methyl/N-ethyl adjacent to an activating group) is 1. The van der Waals surface area contributed by atoms with Gasteiger partial charge in [0, 0.05) is 37.2 Å². The number of hydrogen-bond acceptors (Lipinski definition) is 7. The van der Waals surface area contributed by atoms with E-state index < -0.39 is 23.9 Å². The average Bonchev–Trinajstić information content (AvgIpc) is 3.92. The number of esters is 1. The predicted octanol–water partition coefficient (Wildman–Crippen LogP) is 5.81. The molecule has 0 bridgehead atoms. The lowest BCUT2D eigenvalue weighted by Gasteiger charge is -2.19. The van der Waals surface area contributed by atoms with Crippen LogP contribution < -0.4 is 20.7 Å². The van der Waals surface area contributed by atoms with Crippen molar-refractivity contribution >= 4 is 29.3 Å². The van der Waals surface area contributed by atoms with E-state index in [-0.39, 0.29) is 46.9 Å². The standard InChI is InChI=1S/C34H34F2N4O5/c1-20(32(41)38-3)28(18-29(37-2)40-33(42)22-13-14-22)39-27-12-8-11-24(30(27)44-4)23-15-16-25(26(17-23)31(35)36)34(43)45-19-21-9-6-5-7-10-21/h5-12,15-18,22,31,39H,1,13-14,19H2,2-4H3,(H,38,41)(H,37,40,42)/b28-18+. The molecule has 0 heterocycles. The summed E-state index contributed by atoms with van der Waals surface area (Å²) in [6.07, 6.45) is 0.125. The molecule has 3 aromatic rings. The van der Waals surface area contributed by atoms with Gasteiger partial charge >= 0.3 is 5.97 Å². The molecule has 1 saturated carbocycles. The van der Waals surface area contributed by atoms with E-state index in [1.165, 1.54) is 45.5 Å². The fraction of sp³-hybridized carbons (Fsp3) is 0.235. The van der Waals surface area contributed by atoms with Crippen molar-refractivity contribution in [2.45, 2.75) is 25.9 Å². The van der Waals surface area contributed by atoms with Crippen LogP contribution in [0.25, 0.3) is 11.1 Å². The van der Waals surface area contributed by atoms with E-state index in [1.54, 1.807) is 42.5 Å². The molecule has 3 N–H and O–H groups in total. The fourth-order valence-corrected chi connectivity index (χ4v) is 4.46. The quantitative estimate of drug-likeness (QED) is 0.0778. The molecular formula is C34H34F2N4O5. The Hall–Kier alpha value is -5.32. The average molecular weight is 617 g/mol. The number of anilines is 1. The van der Waals surface area contributed by atoms with Crippen molar-refractivity contribution in [3.63, 3.8) is 0 Å². The first kappa shape index (κ1) is 32.6. The SMILES string of the molecule is C=C(C(=O)NC)/C(=C\C(=NC)NC(=O)C1CC1)Nc1cccc(-c2ccc(C(=O)OCc3ccccc3)c(C(F)F)c2)c1OC. The maximum atomic E-state index is 14.2. The Morgan fingerprint density at radius 1 is 1.07 bits per heavy atom. The summed E-state index contributed by atoms with van der Waals surface area (Å²) in [5.74, 6) is -1.10. The van der Waals surface area contributed by atoms with Crippen LogP contribution in [0.3, 0.4) is 0 Å². The maximum Gasteiger partial charge on any atom is 0.338 e. The molecule has 0 saturated heterocycles. The molecule has 1 fully saturated rings. The van der Waals surface area contributed by atoms with Crippen LogP contribution in [0.1, 0.15) is 40.8 Å². The van der Waals surface area contributed by atoms with E-state index >= 15 is 0 Å². The molecule has 1 aliphatic carbocycles. The van der Waals surface area contributed by atoms with Gasteiger partial charge in [-0.25, -0.2) is 13.6 Å². The summed E-state index contributed by atoms with van der Waals surface area (Å²) < 4.78 is 39.5. The molecule has 0 unspecified atom stereocenters. The van der Waals surface area contributed by atoms with Crippen molar-refractivity contribution in [1.82, 2.24) is 10.6 Å². The highest BCUT2D eigenvalue weighted by Crippen LogP contribution is 2.39. The van der Waals surface area contributed by atoms with Crippen LogP contribution in [0.15, 0.2) is 95.6 Å². The summed E-state index contributed by atoms with van der Waals surface area (Å²) in [6.45, 7) is 3.83. The number of amides is 2. The Labute approximate surface area is 260 Å². The van der Waals surface area contributed by atoms with Gasteiger partial charge in [0.15, 0.2) is 0 Å². The van der Waals surface area contributed by atoms with E-state index in [2.05, 4.69) is 27.5 Å². The molecule has 2 amide bonds. The van der Waals surface area contributed by atoms with E-state index in [4.69, 9.17) is 9.47 Å². The number of methoxy groups -OCH3 is 1. The highest BCUT2D eigenvalue weighted by atomic mass is 19.3. The molecule has 0 aromatic heterocycles. The van der Waals surface area contributed by atoms with Gasteiger partial charge in [-0.05, 0) is 42.2 Å². The number of rotatable bonds is 12. The summed E-state index contributed by atoms with van der Waals surface area (Å²) >= 11 is 0. The molecule has 4 rings (SSSR count). The Balaban J connectivity index is 1.67. The van der Waals surface area contributed by atoms with Gasteiger partial charge in [0.25, 0.3) is 12.3 Å². The van der Waals surface area contributed by atoms with Crippen molar-refractivity contribution < 1.29 is 32.6 Å². The first-order valence-electron chi connectivity index (χ1n) is 14.1. The van der Waals surface area contributed by atoms with Gasteiger partial charge in [0.1, 0.15) is 18.2 Å². The first-order valence-corrected chi connectivity index (χ1v) is 14.1. The van der Waals surface area contributed by atoms with E-state index in [0.29, 0.717) is 16.8 Å². The molecule has 234 valence electrons. The number of halogens is 2. The number of carbonyl (C=O) groups is 3. The third kappa shape index (κ3) is 8.20. The summed E-state index contributed by atoms with van der Waals surface area (Å²) in [7, 11) is 4.37. The Kier molecular flexibility index (Phi) is 10.8. The zero-order valence-corrected chi connectivity index (χ0v) is 25.2. The van der Waals surface area contributed by atoms with Crippen molar-refractivity contribution in [2.24, 2.45) is 10.9 Å². The lowest BCUT2D eigenvalue weighted by Crippen LogP contribution is -2.31. The summed E-state index contributed by atoms with van der Waals surface area (Å²) in [4.78, 5) is 41.8. The second kappa shape index (κ2) is 14.9. The minimum Gasteiger partial charge on any atom is -0.494 e. The number of para-hydroxylation sites is 1. The number of ether oxygens (including phenoxy) is 2. The zero-order valence-electron chi connectivity index (χ0n) is 25.2. The molecule has 9 nitrogen and oxygen atoms in total. The Morgan fingerprint density at radius 2 is 1.80 bits per heavy atom. The molecule has 0 atom stereocenters. The van der Waals surface area contributed by atoms with Crippen LogP contribution in [-0.4, -0.2) is 44.8 Å². The van der Waals surface area contributed by atoms with Crippen LogP contribution in [-0.2, 0) is 20.9 Å². The van der Waals surface area contributed by atoms with E-state index in [9.17, 15) is 23.2 Å². The van der Waals surface area contributed by atoms with Crippen LogP contribution in [0.4, 0.5) is 14.5 Å². The number of aliphatic imine (C=N–C) groups is 1. The minimum atomic E-state index is -2.96. The van der Waals surface area contributed by atoms with Crippen molar-refractivity contribution in [3.05, 3.63) is 107 Å². The van der Waals surface area contributed by atoms with Gasteiger partial charge in [0.2, 0.25) is 5.91 Å². The lowest BCUT2D eigenvalue weighted by atomic mass is 9.97. The molecular weight excluding hydrogens is 582 g/mol. The lowest BCUT2D eigenvalue weighted by molar-refractivity contribution is -0.121. The smallest absolute Gasteiger partial charge is 0.338 e. The van der Waals surface area contributed by atoms with Gasteiger partial charge in [-0.15, -0.1) is 0 Å². The molecule has 0 radical (unpaired) electrons. The maximum absolute atomic E-state index is 14.2. The van der Waals surface area contributed by atoms with Gasteiger partial charge in [-0.3, -0.25) is 14.6 Å². The molecule has 0 aliphatic heterocycles. The molecule has 1 aliphatic rings. The monoisotopic (exact) mass is 616 g/mol. The van der Waals surface area contributed by atoms with Crippen LogP contribution >= 0.6 is 0 Å². The van der Waals surface area contributed by atoms with Gasteiger partial charge in [-0.2, -0.15) is 0 Å². The second-order valence-electron chi connectivity index (χ2n) is 10.2. The molecule has 3 aromatic carbocycles.